The number of hydrogen-bond acceptors (Lipinski definition) is 7. The first kappa shape index (κ1) is 26.1. The highest BCUT2D eigenvalue weighted by Crippen LogP contribution is 2.36. The molecule has 0 spiro atoms. The van der Waals surface area contributed by atoms with Crippen molar-refractivity contribution in [3.05, 3.63) is 90.5 Å². The van der Waals surface area contributed by atoms with Gasteiger partial charge in [-0.15, -0.1) is 11.3 Å². The molecular formula is C26H23N3O5S3. The fraction of sp³-hybridized carbons (Fsp3) is 0.0769. The number of rotatable bonds is 8. The van der Waals surface area contributed by atoms with Crippen LogP contribution in [0, 0.1) is 0 Å². The average molecular weight is 554 g/mol. The van der Waals surface area contributed by atoms with Crippen molar-refractivity contribution in [2.24, 2.45) is 0 Å². The van der Waals surface area contributed by atoms with E-state index in [0.29, 0.717) is 27.7 Å². The molecule has 0 unspecified atom stereocenters. The van der Waals surface area contributed by atoms with E-state index in [-0.39, 0.29) is 10.0 Å². The number of methoxy groups -OCH3 is 2. The van der Waals surface area contributed by atoms with Gasteiger partial charge in [0, 0.05) is 16.3 Å². The first-order valence-electron chi connectivity index (χ1n) is 10.9. The molecule has 1 aromatic heterocycles. The first-order chi connectivity index (χ1) is 17.8. The summed E-state index contributed by atoms with van der Waals surface area (Å²) in [5.41, 5.74) is 2.31. The fourth-order valence-corrected chi connectivity index (χ4v) is 5.75. The molecular weight excluding hydrogens is 531 g/mol. The number of ether oxygens (including phenoxy) is 2. The minimum Gasteiger partial charge on any atom is -0.497 e. The Morgan fingerprint density at radius 1 is 0.865 bits per heavy atom. The van der Waals surface area contributed by atoms with Gasteiger partial charge in [0.15, 0.2) is 5.11 Å². The lowest BCUT2D eigenvalue weighted by molar-refractivity contribution is 0.0602. The second kappa shape index (κ2) is 11.4. The quantitative estimate of drug-likeness (QED) is 0.185. The number of hydrogen-bond donors (Lipinski definition) is 3. The third kappa shape index (κ3) is 6.45. The van der Waals surface area contributed by atoms with Crippen LogP contribution in [-0.4, -0.2) is 33.7 Å². The number of benzene rings is 3. The van der Waals surface area contributed by atoms with E-state index in [1.165, 1.54) is 37.7 Å². The summed E-state index contributed by atoms with van der Waals surface area (Å²) in [6.07, 6.45) is 0. The summed E-state index contributed by atoms with van der Waals surface area (Å²) in [5, 5.41) is 6.83. The lowest BCUT2D eigenvalue weighted by Gasteiger charge is -2.12. The smallest absolute Gasteiger partial charge is 0.340 e. The SMILES string of the molecule is COC(=O)c1cc(-c2ccccc2)sc1NC(=S)Nc1ccc(S(=O)(=O)Nc2ccc(OC)cc2)cc1. The standard InChI is InChI=1S/C26H23N3O5S3/c1-33-20-12-8-19(9-13-20)29-37(31,32)21-14-10-18(11-15-21)27-26(35)28-24-22(25(30)34-2)16-23(36-24)17-6-4-3-5-7-17/h3-16,29H,1-2H3,(H2,27,28,35). The van der Waals surface area contributed by atoms with Crippen LogP contribution in [-0.2, 0) is 14.8 Å². The van der Waals surface area contributed by atoms with Gasteiger partial charge >= 0.3 is 5.97 Å². The zero-order valence-electron chi connectivity index (χ0n) is 19.8. The highest BCUT2D eigenvalue weighted by molar-refractivity contribution is 7.92. The Bertz CT molecular complexity index is 1500. The summed E-state index contributed by atoms with van der Waals surface area (Å²) in [4.78, 5) is 13.3. The van der Waals surface area contributed by atoms with Crippen LogP contribution in [0.3, 0.4) is 0 Å². The minimum absolute atomic E-state index is 0.0893. The number of esters is 1. The van der Waals surface area contributed by atoms with E-state index in [1.54, 1.807) is 42.5 Å². The predicted octanol–water partition coefficient (Wildman–Crippen LogP) is 5.82. The van der Waals surface area contributed by atoms with Crippen LogP contribution < -0.4 is 20.1 Å². The van der Waals surface area contributed by atoms with E-state index in [4.69, 9.17) is 21.7 Å². The molecule has 0 fully saturated rings. The molecule has 0 aliphatic rings. The molecule has 0 atom stereocenters. The van der Waals surface area contributed by atoms with Gasteiger partial charge in [-0.2, -0.15) is 0 Å². The Morgan fingerprint density at radius 3 is 2.14 bits per heavy atom. The van der Waals surface area contributed by atoms with Crippen molar-refractivity contribution < 1.29 is 22.7 Å². The Hall–Kier alpha value is -3.93. The van der Waals surface area contributed by atoms with Crippen molar-refractivity contribution in [3.8, 4) is 16.2 Å². The van der Waals surface area contributed by atoms with Gasteiger partial charge in [-0.05, 0) is 72.4 Å². The molecule has 0 amide bonds. The topological polar surface area (TPSA) is 106 Å². The zero-order chi connectivity index (χ0) is 26.4. The van der Waals surface area contributed by atoms with E-state index < -0.39 is 16.0 Å². The van der Waals surface area contributed by atoms with Crippen molar-refractivity contribution in [2.45, 2.75) is 4.90 Å². The molecule has 0 saturated heterocycles. The molecule has 3 aromatic carbocycles. The van der Waals surface area contributed by atoms with E-state index in [9.17, 15) is 13.2 Å². The summed E-state index contributed by atoms with van der Waals surface area (Å²) < 4.78 is 38.0. The van der Waals surface area contributed by atoms with Crippen LogP contribution in [0.15, 0.2) is 89.8 Å². The van der Waals surface area contributed by atoms with Gasteiger partial charge in [-0.1, -0.05) is 30.3 Å². The average Bonchev–Trinajstić information content (AvgIpc) is 3.33. The number of sulfonamides is 1. The molecule has 1 heterocycles. The van der Waals surface area contributed by atoms with Crippen LogP contribution in [0.4, 0.5) is 16.4 Å². The third-order valence-electron chi connectivity index (χ3n) is 5.19. The van der Waals surface area contributed by atoms with Crippen molar-refractivity contribution >= 4 is 61.0 Å². The van der Waals surface area contributed by atoms with Crippen molar-refractivity contribution in [2.75, 3.05) is 29.6 Å². The number of thiocarbonyl (C=S) groups is 1. The second-order valence-corrected chi connectivity index (χ2v) is 10.8. The Morgan fingerprint density at radius 2 is 1.51 bits per heavy atom. The Labute approximate surface area is 224 Å². The third-order valence-corrected chi connectivity index (χ3v) is 7.89. The summed E-state index contributed by atoms with van der Waals surface area (Å²) in [5.74, 6) is 0.142. The Balaban J connectivity index is 1.45. The monoisotopic (exact) mass is 553 g/mol. The lowest BCUT2D eigenvalue weighted by Crippen LogP contribution is -2.20. The molecule has 4 rings (SSSR count). The molecule has 0 saturated carbocycles. The van der Waals surface area contributed by atoms with Gasteiger partial charge in [0.1, 0.15) is 10.8 Å². The molecule has 37 heavy (non-hydrogen) atoms. The summed E-state index contributed by atoms with van der Waals surface area (Å²) in [7, 11) is -0.926. The van der Waals surface area contributed by atoms with Crippen molar-refractivity contribution in [1.29, 1.82) is 0 Å². The molecule has 4 aromatic rings. The lowest BCUT2D eigenvalue weighted by atomic mass is 10.1. The molecule has 0 aliphatic heterocycles. The number of carbonyl (C=O) groups is 1. The van der Waals surface area contributed by atoms with Gasteiger partial charge in [0.25, 0.3) is 10.0 Å². The number of carbonyl (C=O) groups excluding carboxylic acids is 1. The predicted molar refractivity (Wildman–Crippen MR) is 151 cm³/mol. The van der Waals surface area contributed by atoms with Gasteiger partial charge in [0.2, 0.25) is 0 Å². The van der Waals surface area contributed by atoms with Gasteiger partial charge < -0.3 is 20.1 Å². The normalized spacial score (nSPS) is 10.9. The largest absolute Gasteiger partial charge is 0.497 e. The number of nitrogens with one attached hydrogen (secondary N) is 3. The number of anilines is 3. The zero-order valence-corrected chi connectivity index (χ0v) is 22.3. The van der Waals surface area contributed by atoms with Crippen LogP contribution >= 0.6 is 23.6 Å². The first-order valence-corrected chi connectivity index (χ1v) is 13.6. The minimum atomic E-state index is -3.79. The molecule has 8 nitrogen and oxygen atoms in total. The summed E-state index contributed by atoms with van der Waals surface area (Å²) in [6, 6.07) is 24.1. The van der Waals surface area contributed by atoms with Gasteiger partial charge in [-0.25, -0.2) is 13.2 Å². The molecule has 11 heteroatoms. The van der Waals surface area contributed by atoms with Crippen LogP contribution in [0.2, 0.25) is 0 Å². The molecule has 3 N–H and O–H groups in total. The maximum Gasteiger partial charge on any atom is 0.340 e. The van der Waals surface area contributed by atoms with Gasteiger partial charge in [0.05, 0.1) is 24.7 Å². The highest BCUT2D eigenvalue weighted by Gasteiger charge is 2.19. The van der Waals surface area contributed by atoms with E-state index >= 15 is 0 Å². The maximum absolute atomic E-state index is 12.7. The van der Waals surface area contributed by atoms with Crippen molar-refractivity contribution in [3.63, 3.8) is 0 Å². The van der Waals surface area contributed by atoms with Crippen LogP contribution in [0.1, 0.15) is 10.4 Å². The molecule has 0 bridgehead atoms. The molecule has 0 radical (unpaired) electrons. The molecule has 0 aliphatic carbocycles. The molecule has 190 valence electrons. The van der Waals surface area contributed by atoms with E-state index in [2.05, 4.69) is 15.4 Å². The van der Waals surface area contributed by atoms with Crippen molar-refractivity contribution in [1.82, 2.24) is 0 Å². The summed E-state index contributed by atoms with van der Waals surface area (Å²) in [6.45, 7) is 0. The maximum atomic E-state index is 12.7. The second-order valence-electron chi connectivity index (χ2n) is 7.65. The van der Waals surface area contributed by atoms with E-state index in [0.717, 1.165) is 10.4 Å². The van der Waals surface area contributed by atoms with E-state index in [1.807, 2.05) is 30.3 Å². The van der Waals surface area contributed by atoms with Crippen LogP contribution in [0.5, 0.6) is 5.75 Å². The Kier molecular flexibility index (Phi) is 8.07. The summed E-state index contributed by atoms with van der Waals surface area (Å²) >= 11 is 6.80. The highest BCUT2D eigenvalue weighted by atomic mass is 32.2. The van der Waals surface area contributed by atoms with Gasteiger partial charge in [-0.3, -0.25) is 4.72 Å². The number of thiophene rings is 1. The van der Waals surface area contributed by atoms with Crippen LogP contribution in [0.25, 0.3) is 10.4 Å². The fourth-order valence-electron chi connectivity index (χ4n) is 3.35.